The largest absolute Gasteiger partial charge is 0.354 e. The first-order valence-electron chi connectivity index (χ1n) is 10.2. The molecule has 4 rings (SSSR count). The molecule has 0 saturated carbocycles. The predicted molar refractivity (Wildman–Crippen MR) is 115 cm³/mol. The maximum atomic E-state index is 13.0. The summed E-state index contributed by atoms with van der Waals surface area (Å²) in [5.41, 5.74) is 5.13. The molecule has 0 aliphatic carbocycles. The number of hydrogen-bond donors (Lipinski definition) is 1. The minimum atomic E-state index is -0.0302. The number of carbonyl (C=O) groups is 1. The number of aromatic nitrogens is 2. The number of hydrogen-bond acceptors (Lipinski definition) is 4. The van der Waals surface area contributed by atoms with Crippen LogP contribution in [0.4, 0.5) is 5.95 Å². The van der Waals surface area contributed by atoms with Gasteiger partial charge in [0.2, 0.25) is 5.95 Å². The van der Waals surface area contributed by atoms with Gasteiger partial charge in [0.05, 0.1) is 0 Å². The second-order valence-corrected chi connectivity index (χ2v) is 7.48. The number of aryl methyl sites for hydroxylation is 2. The fourth-order valence-corrected chi connectivity index (χ4v) is 3.73. The van der Waals surface area contributed by atoms with Crippen molar-refractivity contribution in [2.45, 2.75) is 32.7 Å². The maximum absolute atomic E-state index is 13.0. The predicted octanol–water partition coefficient (Wildman–Crippen LogP) is 4.03. The van der Waals surface area contributed by atoms with E-state index in [1.807, 2.05) is 24.0 Å². The SMILES string of the molecule is Cc1cc(C(=O)N2CCc3ccccc3C2)nc(NCCCc2ccccc2)n1. The molecule has 0 bridgehead atoms. The number of amides is 1. The van der Waals surface area contributed by atoms with Gasteiger partial charge in [-0.2, -0.15) is 0 Å². The molecule has 2 aromatic carbocycles. The van der Waals surface area contributed by atoms with Gasteiger partial charge in [-0.15, -0.1) is 0 Å². The Morgan fingerprint density at radius 1 is 1.03 bits per heavy atom. The first-order chi connectivity index (χ1) is 14.2. The van der Waals surface area contributed by atoms with Crippen LogP contribution in [-0.4, -0.2) is 33.9 Å². The molecule has 5 heteroatoms. The van der Waals surface area contributed by atoms with Gasteiger partial charge in [-0.05, 0) is 48.9 Å². The van der Waals surface area contributed by atoms with E-state index in [1.54, 1.807) is 6.07 Å². The van der Waals surface area contributed by atoms with Crippen molar-refractivity contribution in [3.8, 4) is 0 Å². The molecule has 1 N–H and O–H groups in total. The maximum Gasteiger partial charge on any atom is 0.272 e. The summed E-state index contributed by atoms with van der Waals surface area (Å²) in [5.74, 6) is 0.496. The minimum absolute atomic E-state index is 0.0302. The van der Waals surface area contributed by atoms with Crippen molar-refractivity contribution >= 4 is 11.9 Å². The summed E-state index contributed by atoms with van der Waals surface area (Å²) in [6.45, 7) is 4.03. The molecule has 0 unspecified atom stereocenters. The van der Waals surface area contributed by atoms with E-state index in [9.17, 15) is 4.79 Å². The third kappa shape index (κ3) is 4.80. The van der Waals surface area contributed by atoms with Gasteiger partial charge in [0, 0.05) is 25.3 Å². The number of fused-ring (bicyclic) bond motifs is 1. The average molecular weight is 386 g/mol. The van der Waals surface area contributed by atoms with Crippen LogP contribution in [0, 0.1) is 6.92 Å². The molecule has 3 aromatic rings. The van der Waals surface area contributed by atoms with Crippen LogP contribution in [-0.2, 0) is 19.4 Å². The molecule has 1 aliphatic rings. The zero-order valence-corrected chi connectivity index (χ0v) is 16.8. The quantitative estimate of drug-likeness (QED) is 0.650. The number of benzene rings is 2. The monoisotopic (exact) mass is 386 g/mol. The van der Waals surface area contributed by atoms with Gasteiger partial charge in [-0.3, -0.25) is 4.79 Å². The fraction of sp³-hybridized carbons (Fsp3) is 0.292. The smallest absolute Gasteiger partial charge is 0.272 e. The van der Waals surface area contributed by atoms with Crippen molar-refractivity contribution in [2.75, 3.05) is 18.4 Å². The van der Waals surface area contributed by atoms with Crippen molar-refractivity contribution in [3.05, 3.63) is 88.7 Å². The lowest BCUT2D eigenvalue weighted by molar-refractivity contribution is 0.0728. The van der Waals surface area contributed by atoms with E-state index in [0.29, 0.717) is 18.2 Å². The second-order valence-electron chi connectivity index (χ2n) is 7.48. The Bertz CT molecular complexity index is 987. The molecule has 5 nitrogen and oxygen atoms in total. The summed E-state index contributed by atoms with van der Waals surface area (Å²) >= 11 is 0. The summed E-state index contributed by atoms with van der Waals surface area (Å²) < 4.78 is 0. The Morgan fingerprint density at radius 2 is 1.79 bits per heavy atom. The van der Waals surface area contributed by atoms with Crippen LogP contribution in [0.25, 0.3) is 0 Å². The molecule has 148 valence electrons. The molecular weight excluding hydrogens is 360 g/mol. The van der Waals surface area contributed by atoms with E-state index in [1.165, 1.54) is 16.7 Å². The molecule has 0 fully saturated rings. The van der Waals surface area contributed by atoms with Crippen molar-refractivity contribution < 1.29 is 4.79 Å². The highest BCUT2D eigenvalue weighted by Gasteiger charge is 2.23. The van der Waals surface area contributed by atoms with Crippen LogP contribution in [0.3, 0.4) is 0 Å². The van der Waals surface area contributed by atoms with Gasteiger partial charge >= 0.3 is 0 Å². The Hall–Kier alpha value is -3.21. The van der Waals surface area contributed by atoms with Crippen molar-refractivity contribution in [2.24, 2.45) is 0 Å². The average Bonchev–Trinajstić information content (AvgIpc) is 2.76. The molecule has 2 heterocycles. The van der Waals surface area contributed by atoms with Crippen LogP contribution in [0.1, 0.15) is 39.3 Å². The first-order valence-corrected chi connectivity index (χ1v) is 10.2. The molecule has 29 heavy (non-hydrogen) atoms. The van der Waals surface area contributed by atoms with E-state index in [-0.39, 0.29) is 5.91 Å². The summed E-state index contributed by atoms with van der Waals surface area (Å²) in [7, 11) is 0. The topological polar surface area (TPSA) is 58.1 Å². The van der Waals surface area contributed by atoms with Gasteiger partial charge in [-0.1, -0.05) is 54.6 Å². The second kappa shape index (κ2) is 8.86. The van der Waals surface area contributed by atoms with Crippen molar-refractivity contribution in [1.82, 2.24) is 14.9 Å². The third-order valence-corrected chi connectivity index (χ3v) is 5.26. The standard InChI is InChI=1S/C24H26N4O/c1-18-16-22(23(29)28-15-13-20-11-5-6-12-21(20)17-28)27-24(26-18)25-14-7-10-19-8-3-2-4-9-19/h2-6,8-9,11-12,16H,7,10,13-15,17H2,1H3,(H,25,26,27). The number of rotatable bonds is 6. The highest BCUT2D eigenvalue weighted by Crippen LogP contribution is 2.20. The van der Waals surface area contributed by atoms with E-state index in [0.717, 1.165) is 38.0 Å². The van der Waals surface area contributed by atoms with Crippen molar-refractivity contribution in [1.29, 1.82) is 0 Å². The third-order valence-electron chi connectivity index (χ3n) is 5.26. The molecule has 0 saturated heterocycles. The van der Waals surface area contributed by atoms with E-state index in [2.05, 4.69) is 57.7 Å². The van der Waals surface area contributed by atoms with Gasteiger partial charge in [0.25, 0.3) is 5.91 Å². The lowest BCUT2D eigenvalue weighted by atomic mass is 10.00. The number of carbonyl (C=O) groups excluding carboxylic acids is 1. The van der Waals surface area contributed by atoms with Crippen LogP contribution in [0.15, 0.2) is 60.7 Å². The van der Waals surface area contributed by atoms with Crippen LogP contribution in [0.5, 0.6) is 0 Å². The Labute approximate surface area is 171 Å². The fourth-order valence-electron chi connectivity index (χ4n) is 3.73. The van der Waals surface area contributed by atoms with E-state index < -0.39 is 0 Å². The highest BCUT2D eigenvalue weighted by molar-refractivity contribution is 5.92. The minimum Gasteiger partial charge on any atom is -0.354 e. The summed E-state index contributed by atoms with van der Waals surface area (Å²) in [6.07, 6.45) is 2.86. The van der Waals surface area contributed by atoms with Crippen LogP contribution >= 0.6 is 0 Å². The highest BCUT2D eigenvalue weighted by atomic mass is 16.2. The summed E-state index contributed by atoms with van der Waals surface area (Å²) in [4.78, 5) is 23.9. The molecule has 0 spiro atoms. The molecule has 0 radical (unpaired) electrons. The number of nitrogens with zero attached hydrogens (tertiary/aromatic N) is 3. The zero-order chi connectivity index (χ0) is 20.1. The number of anilines is 1. The Morgan fingerprint density at radius 3 is 2.62 bits per heavy atom. The van der Waals surface area contributed by atoms with Gasteiger partial charge in [-0.25, -0.2) is 9.97 Å². The summed E-state index contributed by atoms with van der Waals surface area (Å²) in [5, 5.41) is 3.28. The van der Waals surface area contributed by atoms with Gasteiger partial charge in [0.1, 0.15) is 5.69 Å². The normalized spacial score (nSPS) is 13.1. The van der Waals surface area contributed by atoms with E-state index >= 15 is 0 Å². The summed E-state index contributed by atoms with van der Waals surface area (Å²) in [6, 6.07) is 20.5. The molecule has 0 atom stereocenters. The number of nitrogens with one attached hydrogen (secondary N) is 1. The van der Waals surface area contributed by atoms with E-state index in [4.69, 9.17) is 0 Å². The first kappa shape index (κ1) is 19.1. The zero-order valence-electron chi connectivity index (χ0n) is 16.8. The molecular formula is C24H26N4O. The molecule has 1 aliphatic heterocycles. The molecule has 1 amide bonds. The van der Waals surface area contributed by atoms with Crippen LogP contribution in [0.2, 0.25) is 0 Å². The lowest BCUT2D eigenvalue weighted by Gasteiger charge is -2.28. The van der Waals surface area contributed by atoms with Gasteiger partial charge in [0.15, 0.2) is 0 Å². The van der Waals surface area contributed by atoms with Crippen LogP contribution < -0.4 is 5.32 Å². The molecule has 1 aromatic heterocycles. The Kier molecular flexibility index (Phi) is 5.84. The van der Waals surface area contributed by atoms with Gasteiger partial charge < -0.3 is 10.2 Å². The van der Waals surface area contributed by atoms with Crippen molar-refractivity contribution in [3.63, 3.8) is 0 Å². The lowest BCUT2D eigenvalue weighted by Crippen LogP contribution is -2.36. The Balaban J connectivity index is 1.38.